The number of sulfonamides is 1. The lowest BCUT2D eigenvalue weighted by Gasteiger charge is -2.25. The summed E-state index contributed by atoms with van der Waals surface area (Å²) in [6, 6.07) is -0.0472. The maximum absolute atomic E-state index is 12.2. The van der Waals surface area contributed by atoms with Crippen LogP contribution in [0, 0.1) is 0 Å². The van der Waals surface area contributed by atoms with E-state index in [0.717, 1.165) is 12.8 Å². The average Bonchev–Trinajstić information content (AvgIpc) is 2.64. The van der Waals surface area contributed by atoms with Crippen molar-refractivity contribution in [2.24, 2.45) is 0 Å². The fourth-order valence-electron chi connectivity index (χ4n) is 2.31. The van der Waals surface area contributed by atoms with Crippen molar-refractivity contribution in [1.29, 1.82) is 0 Å². The van der Waals surface area contributed by atoms with Gasteiger partial charge in [-0.3, -0.25) is 0 Å². The second kappa shape index (κ2) is 6.84. The minimum atomic E-state index is -3.25. The Bertz CT molecular complexity index is 340. The highest BCUT2D eigenvalue weighted by Gasteiger charge is 2.34. The average molecular weight is 279 g/mol. The molecule has 0 aromatic rings. The van der Waals surface area contributed by atoms with E-state index < -0.39 is 16.1 Å². The van der Waals surface area contributed by atoms with Crippen LogP contribution >= 0.6 is 0 Å². The molecule has 0 bridgehead atoms. The van der Waals surface area contributed by atoms with Gasteiger partial charge in [0.1, 0.15) is 0 Å². The standard InChI is InChI=1S/C12H25NO4S/c1-10(2)17-7-8-18(15,16)13-6-4-5-12(13)9-11(3)14/h10-12,14H,4-9H2,1-3H3. The number of rotatable bonds is 7. The number of ether oxygens (including phenoxy) is 1. The summed E-state index contributed by atoms with van der Waals surface area (Å²) >= 11 is 0. The van der Waals surface area contributed by atoms with E-state index in [2.05, 4.69) is 0 Å². The number of hydrogen-bond donors (Lipinski definition) is 1. The summed E-state index contributed by atoms with van der Waals surface area (Å²) in [6.07, 6.45) is 1.82. The van der Waals surface area contributed by atoms with Crippen LogP contribution in [-0.2, 0) is 14.8 Å². The zero-order valence-electron chi connectivity index (χ0n) is 11.5. The van der Waals surface area contributed by atoms with Crippen LogP contribution in [0.2, 0.25) is 0 Å². The molecule has 1 N–H and O–H groups in total. The van der Waals surface area contributed by atoms with Gasteiger partial charge >= 0.3 is 0 Å². The molecular weight excluding hydrogens is 254 g/mol. The van der Waals surface area contributed by atoms with Crippen molar-refractivity contribution in [1.82, 2.24) is 4.31 Å². The maximum atomic E-state index is 12.2. The lowest BCUT2D eigenvalue weighted by molar-refractivity contribution is 0.0904. The molecule has 18 heavy (non-hydrogen) atoms. The van der Waals surface area contributed by atoms with Gasteiger partial charge in [0.05, 0.1) is 24.6 Å². The first-order valence-corrected chi connectivity index (χ1v) is 8.23. The lowest BCUT2D eigenvalue weighted by atomic mass is 10.1. The third kappa shape index (κ3) is 4.84. The van der Waals surface area contributed by atoms with Gasteiger partial charge in [0.2, 0.25) is 10.0 Å². The van der Waals surface area contributed by atoms with Crippen molar-refractivity contribution in [3.8, 4) is 0 Å². The van der Waals surface area contributed by atoms with Gasteiger partial charge in [0.15, 0.2) is 0 Å². The molecule has 1 heterocycles. The Morgan fingerprint density at radius 3 is 2.61 bits per heavy atom. The maximum Gasteiger partial charge on any atom is 0.216 e. The van der Waals surface area contributed by atoms with Crippen LogP contribution in [0.25, 0.3) is 0 Å². The van der Waals surface area contributed by atoms with Crippen molar-refractivity contribution < 1.29 is 18.3 Å². The predicted octanol–water partition coefficient (Wildman–Crippen LogP) is 0.976. The minimum absolute atomic E-state index is 0.0293. The van der Waals surface area contributed by atoms with Gasteiger partial charge in [-0.25, -0.2) is 8.42 Å². The monoisotopic (exact) mass is 279 g/mol. The molecule has 0 aliphatic carbocycles. The second-order valence-electron chi connectivity index (χ2n) is 5.23. The number of hydrogen-bond acceptors (Lipinski definition) is 4. The molecule has 5 nitrogen and oxygen atoms in total. The van der Waals surface area contributed by atoms with Crippen molar-refractivity contribution in [2.75, 3.05) is 18.9 Å². The van der Waals surface area contributed by atoms with E-state index >= 15 is 0 Å². The van der Waals surface area contributed by atoms with Crippen molar-refractivity contribution in [2.45, 2.75) is 58.3 Å². The van der Waals surface area contributed by atoms with Gasteiger partial charge < -0.3 is 9.84 Å². The summed E-state index contributed by atoms with van der Waals surface area (Å²) < 4.78 is 31.2. The fourth-order valence-corrected chi connectivity index (χ4v) is 3.91. The smallest absolute Gasteiger partial charge is 0.216 e. The predicted molar refractivity (Wildman–Crippen MR) is 70.9 cm³/mol. The van der Waals surface area contributed by atoms with Crippen molar-refractivity contribution in [3.63, 3.8) is 0 Å². The van der Waals surface area contributed by atoms with E-state index in [1.54, 1.807) is 11.2 Å². The molecule has 0 saturated carbocycles. The number of aliphatic hydroxyl groups excluding tert-OH is 1. The summed E-state index contributed by atoms with van der Waals surface area (Å²) in [4.78, 5) is 0. The van der Waals surface area contributed by atoms with E-state index in [0.29, 0.717) is 13.0 Å². The van der Waals surface area contributed by atoms with Gasteiger partial charge in [-0.2, -0.15) is 4.31 Å². The Balaban J connectivity index is 2.54. The van der Waals surface area contributed by atoms with E-state index in [1.807, 2.05) is 13.8 Å². The van der Waals surface area contributed by atoms with Crippen LogP contribution in [-0.4, -0.2) is 55.0 Å². The molecule has 1 saturated heterocycles. The van der Waals surface area contributed by atoms with Crippen LogP contribution < -0.4 is 0 Å². The molecule has 1 aliphatic rings. The Morgan fingerprint density at radius 2 is 2.06 bits per heavy atom. The van der Waals surface area contributed by atoms with Crippen LogP contribution in [0.15, 0.2) is 0 Å². The molecule has 2 atom stereocenters. The summed E-state index contributed by atoms with van der Waals surface area (Å²) in [6.45, 7) is 6.28. The highest BCUT2D eigenvalue weighted by atomic mass is 32.2. The first kappa shape index (κ1) is 15.9. The molecule has 0 spiro atoms. The largest absolute Gasteiger partial charge is 0.393 e. The van der Waals surface area contributed by atoms with Gasteiger partial charge in [0, 0.05) is 12.6 Å². The highest BCUT2D eigenvalue weighted by molar-refractivity contribution is 7.89. The van der Waals surface area contributed by atoms with Crippen molar-refractivity contribution >= 4 is 10.0 Å². The second-order valence-corrected chi connectivity index (χ2v) is 7.27. The van der Waals surface area contributed by atoms with Gasteiger partial charge in [-0.1, -0.05) is 0 Å². The molecule has 108 valence electrons. The summed E-state index contributed by atoms with van der Waals surface area (Å²) in [5.74, 6) is 0.0293. The normalized spacial score (nSPS) is 23.7. The fraction of sp³-hybridized carbons (Fsp3) is 1.00. The molecule has 0 aromatic heterocycles. The summed E-state index contributed by atoms with van der Waals surface area (Å²) in [7, 11) is -3.25. The molecule has 1 aliphatic heterocycles. The van der Waals surface area contributed by atoms with Crippen LogP contribution in [0.4, 0.5) is 0 Å². The molecule has 0 radical (unpaired) electrons. The van der Waals surface area contributed by atoms with Gasteiger partial charge in [-0.15, -0.1) is 0 Å². The number of nitrogens with zero attached hydrogens (tertiary/aromatic N) is 1. The van der Waals surface area contributed by atoms with Crippen LogP contribution in [0.5, 0.6) is 0 Å². The number of aliphatic hydroxyl groups is 1. The first-order chi connectivity index (χ1) is 8.33. The minimum Gasteiger partial charge on any atom is -0.393 e. The SMILES string of the molecule is CC(O)CC1CCCN1S(=O)(=O)CCOC(C)C. The molecule has 1 fully saturated rings. The zero-order chi connectivity index (χ0) is 13.8. The van der Waals surface area contributed by atoms with E-state index in [-0.39, 0.29) is 24.5 Å². The molecule has 1 rings (SSSR count). The van der Waals surface area contributed by atoms with E-state index in [9.17, 15) is 13.5 Å². The Hall–Kier alpha value is -0.170. The Kier molecular flexibility index (Phi) is 6.04. The van der Waals surface area contributed by atoms with Gasteiger partial charge in [0.25, 0.3) is 0 Å². The van der Waals surface area contributed by atoms with Gasteiger partial charge in [-0.05, 0) is 40.0 Å². The molecule has 0 amide bonds. The molecule has 6 heteroatoms. The van der Waals surface area contributed by atoms with E-state index in [4.69, 9.17) is 4.74 Å². The van der Waals surface area contributed by atoms with Crippen LogP contribution in [0.3, 0.4) is 0 Å². The zero-order valence-corrected chi connectivity index (χ0v) is 12.3. The quantitative estimate of drug-likeness (QED) is 0.754. The third-order valence-corrected chi connectivity index (χ3v) is 4.96. The summed E-state index contributed by atoms with van der Waals surface area (Å²) in [5.41, 5.74) is 0. The van der Waals surface area contributed by atoms with Crippen LogP contribution in [0.1, 0.15) is 40.0 Å². The first-order valence-electron chi connectivity index (χ1n) is 6.62. The van der Waals surface area contributed by atoms with Crippen molar-refractivity contribution in [3.05, 3.63) is 0 Å². The third-order valence-electron chi connectivity index (χ3n) is 3.09. The topological polar surface area (TPSA) is 66.8 Å². The Labute approximate surface area is 110 Å². The summed E-state index contributed by atoms with van der Waals surface area (Å²) in [5, 5.41) is 9.40. The van der Waals surface area contributed by atoms with E-state index in [1.165, 1.54) is 0 Å². The highest BCUT2D eigenvalue weighted by Crippen LogP contribution is 2.24. The lowest BCUT2D eigenvalue weighted by Crippen LogP contribution is -2.39. The molecular formula is C12H25NO4S. The molecule has 2 unspecified atom stereocenters. The molecule has 0 aromatic carbocycles. The Morgan fingerprint density at radius 1 is 1.39 bits per heavy atom.